The van der Waals surface area contributed by atoms with Gasteiger partial charge < -0.3 is 4.57 Å². The van der Waals surface area contributed by atoms with Crippen LogP contribution in [0.2, 0.25) is 10.0 Å². The zero-order chi connectivity index (χ0) is 16.0. The number of imidazole rings is 1. The highest BCUT2D eigenvalue weighted by molar-refractivity contribution is 6.42. The molecule has 0 N–H and O–H groups in total. The van der Waals surface area contributed by atoms with Crippen LogP contribution in [-0.4, -0.2) is 9.55 Å². The maximum absolute atomic E-state index is 6.18. The highest BCUT2D eigenvalue weighted by Crippen LogP contribution is 2.31. The molecule has 23 heavy (non-hydrogen) atoms. The molecule has 4 rings (SSSR count). The third-order valence-electron chi connectivity index (χ3n) is 4.88. The Labute approximate surface area is 146 Å². The second-order valence-electron chi connectivity index (χ2n) is 6.32. The Kier molecular flexibility index (Phi) is 3.82. The molecule has 0 radical (unpaired) electrons. The topological polar surface area (TPSA) is 17.8 Å². The molecule has 4 heteroatoms. The maximum Gasteiger partial charge on any atom is 0.0964 e. The first-order valence-corrected chi connectivity index (χ1v) is 8.82. The normalized spacial score (nSPS) is 15.6. The Balaban J connectivity index is 1.80. The van der Waals surface area contributed by atoms with Gasteiger partial charge >= 0.3 is 0 Å². The Morgan fingerprint density at radius 2 is 1.74 bits per heavy atom. The molecular weight excluding hydrogens is 327 g/mol. The summed E-state index contributed by atoms with van der Waals surface area (Å²) >= 11 is 12.2. The summed E-state index contributed by atoms with van der Waals surface area (Å²) in [5, 5.41) is 1.19. The van der Waals surface area contributed by atoms with Crippen molar-refractivity contribution in [1.29, 1.82) is 0 Å². The van der Waals surface area contributed by atoms with Gasteiger partial charge in [0.1, 0.15) is 0 Å². The third-order valence-corrected chi connectivity index (χ3v) is 5.62. The van der Waals surface area contributed by atoms with Crippen molar-refractivity contribution < 1.29 is 0 Å². The molecule has 0 unspecified atom stereocenters. The van der Waals surface area contributed by atoms with Crippen LogP contribution < -0.4 is 0 Å². The fourth-order valence-corrected chi connectivity index (χ4v) is 3.80. The molecular formula is C19H18Cl2N2. The van der Waals surface area contributed by atoms with Crippen LogP contribution in [0.5, 0.6) is 0 Å². The van der Waals surface area contributed by atoms with Crippen molar-refractivity contribution in [2.24, 2.45) is 0 Å². The molecule has 0 fully saturated rings. The predicted molar refractivity (Wildman–Crippen MR) is 96.7 cm³/mol. The second-order valence-corrected chi connectivity index (χ2v) is 7.13. The lowest BCUT2D eigenvalue weighted by Gasteiger charge is -2.18. The molecule has 118 valence electrons. The van der Waals surface area contributed by atoms with Gasteiger partial charge in [0.25, 0.3) is 0 Å². The SMILES string of the molecule is C[C@H](c1ccc(Cl)c(Cl)c1)n1cnc2cc3c(cc21)CCCC3. The highest BCUT2D eigenvalue weighted by atomic mass is 35.5. The lowest BCUT2D eigenvalue weighted by atomic mass is 9.91. The lowest BCUT2D eigenvalue weighted by Crippen LogP contribution is -2.07. The van der Waals surface area contributed by atoms with E-state index >= 15 is 0 Å². The molecule has 2 nitrogen and oxygen atoms in total. The Bertz CT molecular complexity index is 882. The van der Waals surface area contributed by atoms with E-state index in [9.17, 15) is 0 Å². The molecule has 0 saturated heterocycles. The van der Waals surface area contributed by atoms with Crippen molar-refractivity contribution in [3.8, 4) is 0 Å². The minimum atomic E-state index is 0.163. The van der Waals surface area contributed by atoms with Crippen LogP contribution in [0, 0.1) is 0 Å². The minimum absolute atomic E-state index is 0.163. The van der Waals surface area contributed by atoms with Crippen LogP contribution in [0.4, 0.5) is 0 Å². The number of halogens is 2. The first kappa shape index (κ1) is 15.0. The third kappa shape index (κ3) is 2.64. The van der Waals surface area contributed by atoms with Gasteiger partial charge in [-0.15, -0.1) is 0 Å². The Morgan fingerprint density at radius 3 is 2.48 bits per heavy atom. The molecule has 1 aliphatic rings. The Hall–Kier alpha value is -1.51. The van der Waals surface area contributed by atoms with E-state index in [1.807, 2.05) is 24.5 Å². The number of aryl methyl sites for hydroxylation is 2. The van der Waals surface area contributed by atoms with Gasteiger partial charge in [0.05, 0.1) is 33.4 Å². The number of benzene rings is 2. The van der Waals surface area contributed by atoms with Crippen LogP contribution >= 0.6 is 23.2 Å². The molecule has 0 amide bonds. The summed E-state index contributed by atoms with van der Waals surface area (Å²) in [5.74, 6) is 0. The van der Waals surface area contributed by atoms with Gasteiger partial charge in [-0.1, -0.05) is 29.3 Å². The monoisotopic (exact) mass is 344 g/mol. The van der Waals surface area contributed by atoms with E-state index in [-0.39, 0.29) is 6.04 Å². The molecule has 1 aliphatic carbocycles. The molecule has 1 atom stereocenters. The van der Waals surface area contributed by atoms with Gasteiger partial charge in [0.2, 0.25) is 0 Å². The number of rotatable bonds is 2. The van der Waals surface area contributed by atoms with Gasteiger partial charge in [-0.2, -0.15) is 0 Å². The first-order chi connectivity index (χ1) is 11.1. The van der Waals surface area contributed by atoms with Crippen molar-refractivity contribution in [3.05, 3.63) is 63.4 Å². The predicted octanol–water partition coefficient (Wildman–Crippen LogP) is 5.83. The zero-order valence-corrected chi connectivity index (χ0v) is 14.5. The summed E-state index contributed by atoms with van der Waals surface area (Å²) in [5.41, 5.74) is 6.36. The molecule has 2 aromatic carbocycles. The fourth-order valence-electron chi connectivity index (χ4n) is 3.50. The summed E-state index contributed by atoms with van der Waals surface area (Å²) in [4.78, 5) is 4.62. The number of hydrogen-bond acceptors (Lipinski definition) is 1. The highest BCUT2D eigenvalue weighted by Gasteiger charge is 2.16. The average molecular weight is 345 g/mol. The van der Waals surface area contributed by atoms with E-state index in [1.54, 1.807) is 0 Å². The molecule has 1 aromatic heterocycles. The van der Waals surface area contributed by atoms with Crippen molar-refractivity contribution in [3.63, 3.8) is 0 Å². The van der Waals surface area contributed by atoms with Gasteiger partial charge in [-0.05, 0) is 73.6 Å². The van der Waals surface area contributed by atoms with E-state index in [1.165, 1.54) is 42.3 Å². The van der Waals surface area contributed by atoms with Gasteiger partial charge in [-0.3, -0.25) is 0 Å². The smallest absolute Gasteiger partial charge is 0.0964 e. The van der Waals surface area contributed by atoms with Crippen LogP contribution in [0.25, 0.3) is 11.0 Å². The number of hydrogen-bond donors (Lipinski definition) is 0. The number of fused-ring (bicyclic) bond motifs is 2. The summed E-state index contributed by atoms with van der Waals surface area (Å²) in [7, 11) is 0. The Morgan fingerprint density at radius 1 is 1.00 bits per heavy atom. The summed E-state index contributed by atoms with van der Waals surface area (Å²) in [6.07, 6.45) is 6.87. The molecule has 0 aliphatic heterocycles. The van der Waals surface area contributed by atoms with Gasteiger partial charge in [-0.25, -0.2) is 4.98 Å². The lowest BCUT2D eigenvalue weighted by molar-refractivity contribution is 0.655. The van der Waals surface area contributed by atoms with E-state index in [0.717, 1.165) is 11.1 Å². The summed E-state index contributed by atoms with van der Waals surface area (Å²) in [6.45, 7) is 2.17. The van der Waals surface area contributed by atoms with Crippen molar-refractivity contribution in [2.45, 2.75) is 38.6 Å². The molecule has 0 spiro atoms. The van der Waals surface area contributed by atoms with Crippen molar-refractivity contribution in [1.82, 2.24) is 9.55 Å². The van der Waals surface area contributed by atoms with Gasteiger partial charge in [0, 0.05) is 0 Å². The van der Waals surface area contributed by atoms with Crippen LogP contribution in [-0.2, 0) is 12.8 Å². The second kappa shape index (κ2) is 5.85. The van der Waals surface area contributed by atoms with Crippen LogP contribution in [0.3, 0.4) is 0 Å². The quantitative estimate of drug-likeness (QED) is 0.571. The van der Waals surface area contributed by atoms with E-state index < -0.39 is 0 Å². The van der Waals surface area contributed by atoms with Crippen LogP contribution in [0.1, 0.15) is 42.5 Å². The summed E-state index contributed by atoms with van der Waals surface area (Å²) in [6, 6.07) is 10.6. The number of aromatic nitrogens is 2. The van der Waals surface area contributed by atoms with E-state index in [2.05, 4.69) is 28.6 Å². The standard InChI is InChI=1S/C19H18Cl2N2/c1-12(13-6-7-16(20)17(21)8-13)23-11-22-18-9-14-4-2-3-5-15(14)10-19(18)23/h6-12H,2-5H2,1H3/t12-/m1/s1. The largest absolute Gasteiger partial charge is 0.323 e. The summed E-state index contributed by atoms with van der Waals surface area (Å²) < 4.78 is 2.23. The maximum atomic E-state index is 6.18. The zero-order valence-electron chi connectivity index (χ0n) is 13.0. The first-order valence-electron chi connectivity index (χ1n) is 8.07. The molecule has 0 saturated carbocycles. The van der Waals surface area contributed by atoms with Crippen LogP contribution in [0.15, 0.2) is 36.7 Å². The minimum Gasteiger partial charge on any atom is -0.323 e. The van der Waals surface area contributed by atoms with Crippen molar-refractivity contribution >= 4 is 34.2 Å². The average Bonchev–Trinajstić information content (AvgIpc) is 2.97. The molecule has 1 heterocycles. The van der Waals surface area contributed by atoms with E-state index in [0.29, 0.717) is 10.0 Å². The fraction of sp³-hybridized carbons (Fsp3) is 0.316. The number of nitrogens with zero attached hydrogens (tertiary/aromatic N) is 2. The van der Waals surface area contributed by atoms with Crippen molar-refractivity contribution in [2.75, 3.05) is 0 Å². The molecule has 0 bridgehead atoms. The van der Waals surface area contributed by atoms with E-state index in [4.69, 9.17) is 23.2 Å². The molecule has 3 aromatic rings. The van der Waals surface area contributed by atoms with Gasteiger partial charge in [0.15, 0.2) is 0 Å².